The molecule has 0 aliphatic heterocycles. The third kappa shape index (κ3) is 5.57. The molecule has 0 saturated heterocycles. The van der Waals surface area contributed by atoms with Gasteiger partial charge in [-0.15, -0.1) is 0 Å². The average molecular weight is 127 g/mol. The van der Waals surface area contributed by atoms with Crippen molar-refractivity contribution in [3.8, 4) is 0 Å². The van der Waals surface area contributed by atoms with Crippen LogP contribution in [-0.4, -0.2) is 13.6 Å². The second-order valence-corrected chi connectivity index (χ2v) is 2.34. The molecule has 0 rings (SSSR count). The molecule has 54 valence electrons. The van der Waals surface area contributed by atoms with Crippen LogP contribution < -0.4 is 5.32 Å². The molecular formula is C8H17N. The summed E-state index contributed by atoms with van der Waals surface area (Å²) in [5.74, 6) is 0. The summed E-state index contributed by atoms with van der Waals surface area (Å²) in [5, 5.41) is 3.12. The molecule has 9 heavy (non-hydrogen) atoms. The van der Waals surface area contributed by atoms with Crippen molar-refractivity contribution in [1.29, 1.82) is 0 Å². The molecule has 1 heteroatoms. The number of hydrogen-bond donors (Lipinski definition) is 1. The van der Waals surface area contributed by atoms with Gasteiger partial charge in [-0.05, 0) is 40.3 Å². The van der Waals surface area contributed by atoms with Crippen molar-refractivity contribution in [2.24, 2.45) is 0 Å². The molecule has 0 fully saturated rings. The summed E-state index contributed by atoms with van der Waals surface area (Å²) in [4.78, 5) is 0. The fourth-order valence-electron chi connectivity index (χ4n) is 0.688. The van der Waals surface area contributed by atoms with Crippen LogP contribution >= 0.6 is 0 Å². The lowest BCUT2D eigenvalue weighted by molar-refractivity contribution is 0.720. The van der Waals surface area contributed by atoms with Crippen LogP contribution in [0.25, 0.3) is 0 Å². The van der Waals surface area contributed by atoms with Crippen molar-refractivity contribution < 1.29 is 0 Å². The largest absolute Gasteiger partial charge is 0.320 e. The zero-order valence-corrected chi connectivity index (χ0v) is 6.70. The van der Waals surface area contributed by atoms with E-state index >= 15 is 0 Å². The van der Waals surface area contributed by atoms with Crippen LogP contribution in [0.2, 0.25) is 0 Å². The van der Waals surface area contributed by atoms with E-state index in [1.54, 1.807) is 0 Å². The Morgan fingerprint density at radius 3 is 2.67 bits per heavy atom. The predicted octanol–water partition coefficient (Wildman–Crippen LogP) is 1.95. The first-order valence-electron chi connectivity index (χ1n) is 3.57. The van der Waals surface area contributed by atoms with E-state index in [4.69, 9.17) is 0 Å². The fraction of sp³-hybridized carbons (Fsp3) is 0.750. The Morgan fingerprint density at radius 1 is 1.56 bits per heavy atom. The van der Waals surface area contributed by atoms with Gasteiger partial charge in [-0.3, -0.25) is 0 Å². The van der Waals surface area contributed by atoms with E-state index in [1.807, 2.05) is 7.05 Å². The molecular weight excluding hydrogens is 110 g/mol. The molecule has 0 saturated carbocycles. The third-order valence-electron chi connectivity index (χ3n) is 1.49. The first kappa shape index (κ1) is 8.70. The Labute approximate surface area is 58.2 Å². The minimum Gasteiger partial charge on any atom is -0.320 e. The highest BCUT2D eigenvalue weighted by atomic mass is 14.8. The average Bonchev–Trinajstić information content (AvgIpc) is 1.89. The van der Waals surface area contributed by atoms with Crippen LogP contribution in [0.5, 0.6) is 0 Å². The Kier molecular flexibility index (Phi) is 5.64. The smallest absolute Gasteiger partial charge is 0.00489 e. The summed E-state index contributed by atoms with van der Waals surface area (Å²) in [6, 6.07) is 0. The molecule has 0 amide bonds. The Balaban J connectivity index is 3.07. The van der Waals surface area contributed by atoms with Gasteiger partial charge in [0.1, 0.15) is 0 Å². The minimum absolute atomic E-state index is 1.13. The minimum atomic E-state index is 1.13. The molecule has 0 bridgehead atoms. The van der Waals surface area contributed by atoms with Gasteiger partial charge >= 0.3 is 0 Å². The molecule has 0 heterocycles. The summed E-state index contributed by atoms with van der Waals surface area (Å²) in [6.07, 6.45) is 4.67. The molecule has 0 unspecified atom stereocenters. The van der Waals surface area contributed by atoms with Gasteiger partial charge in [0.25, 0.3) is 0 Å². The van der Waals surface area contributed by atoms with E-state index in [-0.39, 0.29) is 0 Å². The number of nitrogens with one attached hydrogen (secondary N) is 1. The van der Waals surface area contributed by atoms with Crippen molar-refractivity contribution >= 4 is 0 Å². The van der Waals surface area contributed by atoms with Crippen LogP contribution in [0.15, 0.2) is 11.6 Å². The van der Waals surface area contributed by atoms with Crippen molar-refractivity contribution in [1.82, 2.24) is 5.32 Å². The van der Waals surface area contributed by atoms with Gasteiger partial charge in [-0.1, -0.05) is 11.6 Å². The molecule has 0 atom stereocenters. The number of rotatable bonds is 4. The lowest BCUT2D eigenvalue weighted by Gasteiger charge is -1.98. The standard InChI is InChI=1S/C8H17N/c1-4-8(2)6-5-7-9-3/h4,9H,5-7H2,1-3H3/b8-4-. The molecule has 0 aliphatic rings. The van der Waals surface area contributed by atoms with Gasteiger partial charge in [0.2, 0.25) is 0 Å². The Morgan fingerprint density at radius 2 is 2.22 bits per heavy atom. The van der Waals surface area contributed by atoms with E-state index in [0.29, 0.717) is 0 Å². The highest BCUT2D eigenvalue weighted by Gasteiger charge is 1.85. The van der Waals surface area contributed by atoms with Gasteiger partial charge in [0.15, 0.2) is 0 Å². The number of allylic oxidation sites excluding steroid dienone is 2. The van der Waals surface area contributed by atoms with Crippen LogP contribution in [-0.2, 0) is 0 Å². The molecule has 0 aromatic carbocycles. The summed E-state index contributed by atoms with van der Waals surface area (Å²) >= 11 is 0. The third-order valence-corrected chi connectivity index (χ3v) is 1.49. The van der Waals surface area contributed by atoms with Crippen molar-refractivity contribution in [3.05, 3.63) is 11.6 Å². The zero-order valence-electron chi connectivity index (χ0n) is 6.70. The Bertz CT molecular complexity index is 84.6. The monoisotopic (exact) mass is 127 g/mol. The van der Waals surface area contributed by atoms with Gasteiger partial charge in [-0.25, -0.2) is 0 Å². The quantitative estimate of drug-likeness (QED) is 0.449. The summed E-state index contributed by atoms with van der Waals surface area (Å²) in [7, 11) is 1.99. The van der Waals surface area contributed by atoms with Crippen molar-refractivity contribution in [3.63, 3.8) is 0 Å². The van der Waals surface area contributed by atoms with Crippen LogP contribution in [0, 0.1) is 0 Å². The fourth-order valence-corrected chi connectivity index (χ4v) is 0.688. The highest BCUT2D eigenvalue weighted by molar-refractivity contribution is 4.94. The summed E-state index contributed by atoms with van der Waals surface area (Å²) in [5.41, 5.74) is 1.49. The van der Waals surface area contributed by atoms with Crippen molar-refractivity contribution in [2.75, 3.05) is 13.6 Å². The molecule has 0 spiro atoms. The zero-order chi connectivity index (χ0) is 7.11. The molecule has 0 aliphatic carbocycles. The maximum atomic E-state index is 3.12. The van der Waals surface area contributed by atoms with E-state index in [0.717, 1.165) is 6.54 Å². The maximum Gasteiger partial charge on any atom is -0.00489 e. The first-order chi connectivity index (χ1) is 4.31. The van der Waals surface area contributed by atoms with E-state index in [9.17, 15) is 0 Å². The van der Waals surface area contributed by atoms with Gasteiger partial charge < -0.3 is 5.32 Å². The Hall–Kier alpha value is -0.300. The van der Waals surface area contributed by atoms with E-state index < -0.39 is 0 Å². The number of hydrogen-bond acceptors (Lipinski definition) is 1. The van der Waals surface area contributed by atoms with Crippen molar-refractivity contribution in [2.45, 2.75) is 26.7 Å². The molecule has 1 N–H and O–H groups in total. The van der Waals surface area contributed by atoms with Gasteiger partial charge in [0, 0.05) is 0 Å². The van der Waals surface area contributed by atoms with Crippen LogP contribution in [0.1, 0.15) is 26.7 Å². The highest BCUT2D eigenvalue weighted by Crippen LogP contribution is 2.00. The summed E-state index contributed by atoms with van der Waals surface area (Å²) in [6.45, 7) is 5.40. The molecule has 1 nitrogen and oxygen atoms in total. The van der Waals surface area contributed by atoms with E-state index in [1.165, 1.54) is 18.4 Å². The lowest BCUT2D eigenvalue weighted by atomic mass is 10.1. The van der Waals surface area contributed by atoms with Gasteiger partial charge in [0.05, 0.1) is 0 Å². The molecule has 0 aromatic rings. The van der Waals surface area contributed by atoms with Crippen LogP contribution in [0.3, 0.4) is 0 Å². The maximum absolute atomic E-state index is 3.12. The van der Waals surface area contributed by atoms with E-state index in [2.05, 4.69) is 25.2 Å². The SMILES string of the molecule is C/C=C(/C)CCCNC. The second-order valence-electron chi connectivity index (χ2n) is 2.34. The van der Waals surface area contributed by atoms with Gasteiger partial charge in [-0.2, -0.15) is 0 Å². The molecule has 0 aromatic heterocycles. The second kappa shape index (κ2) is 5.83. The topological polar surface area (TPSA) is 12.0 Å². The first-order valence-corrected chi connectivity index (χ1v) is 3.57. The predicted molar refractivity (Wildman–Crippen MR) is 42.6 cm³/mol. The molecule has 0 radical (unpaired) electrons. The lowest BCUT2D eigenvalue weighted by Crippen LogP contribution is -2.06. The van der Waals surface area contributed by atoms with Crippen LogP contribution in [0.4, 0.5) is 0 Å². The normalized spacial score (nSPS) is 12.1. The summed E-state index contributed by atoms with van der Waals surface area (Å²) < 4.78 is 0.